The lowest BCUT2D eigenvalue weighted by molar-refractivity contribution is -0.123. The van der Waals surface area contributed by atoms with Crippen LogP contribution in [0.15, 0.2) is 78.9 Å². The van der Waals surface area contributed by atoms with Crippen LogP contribution in [-0.2, 0) is 4.79 Å². The molecule has 0 unspecified atom stereocenters. The molecule has 1 amide bonds. The fourth-order valence-electron chi connectivity index (χ4n) is 4.09. The zero-order valence-electron chi connectivity index (χ0n) is 20.7. The highest BCUT2D eigenvalue weighted by Gasteiger charge is 2.21. The number of hydrogen-bond acceptors (Lipinski definition) is 6. The molecule has 1 N–H and O–H groups in total. The molecule has 0 saturated heterocycles. The Morgan fingerprint density at radius 3 is 1.81 bits per heavy atom. The van der Waals surface area contributed by atoms with Crippen molar-refractivity contribution >= 4 is 16.7 Å². The van der Waals surface area contributed by atoms with Crippen molar-refractivity contribution in [3.63, 3.8) is 0 Å². The number of rotatable bonds is 10. The Balaban J connectivity index is 1.63. The van der Waals surface area contributed by atoms with E-state index in [1.807, 2.05) is 66.7 Å². The van der Waals surface area contributed by atoms with Crippen LogP contribution in [0.2, 0.25) is 0 Å². The van der Waals surface area contributed by atoms with Gasteiger partial charge in [-0.1, -0.05) is 48.5 Å². The molecule has 0 bridgehead atoms. The predicted molar refractivity (Wildman–Crippen MR) is 139 cm³/mol. The topological polar surface area (TPSA) is 75.3 Å². The minimum absolute atomic E-state index is 0.148. The zero-order valence-corrected chi connectivity index (χ0v) is 20.7. The van der Waals surface area contributed by atoms with Gasteiger partial charge in [0.25, 0.3) is 5.91 Å². The normalized spacial score (nSPS) is 10.7. The average Bonchev–Trinajstić information content (AvgIpc) is 2.93. The molecule has 0 atom stereocenters. The van der Waals surface area contributed by atoms with Crippen molar-refractivity contribution in [2.75, 3.05) is 35.0 Å². The Kier molecular flexibility index (Phi) is 7.80. The van der Waals surface area contributed by atoms with Crippen LogP contribution in [0.25, 0.3) is 10.8 Å². The molecule has 36 heavy (non-hydrogen) atoms. The van der Waals surface area contributed by atoms with Crippen molar-refractivity contribution in [2.45, 2.75) is 6.04 Å². The highest BCUT2D eigenvalue weighted by molar-refractivity contribution is 5.88. The summed E-state index contributed by atoms with van der Waals surface area (Å²) < 4.78 is 27.6. The molecule has 0 aliphatic heterocycles. The Bertz CT molecular complexity index is 1290. The minimum Gasteiger partial charge on any atom is -0.493 e. The lowest BCUT2D eigenvalue weighted by Crippen LogP contribution is -2.33. The Morgan fingerprint density at radius 2 is 1.22 bits per heavy atom. The van der Waals surface area contributed by atoms with E-state index in [1.165, 1.54) is 0 Å². The van der Waals surface area contributed by atoms with E-state index in [4.69, 9.17) is 23.7 Å². The van der Waals surface area contributed by atoms with Gasteiger partial charge in [0.2, 0.25) is 0 Å². The number of hydrogen-bond donors (Lipinski definition) is 1. The van der Waals surface area contributed by atoms with Gasteiger partial charge < -0.3 is 29.0 Å². The van der Waals surface area contributed by atoms with Crippen LogP contribution >= 0.6 is 0 Å². The monoisotopic (exact) mass is 487 g/mol. The van der Waals surface area contributed by atoms with E-state index >= 15 is 0 Å². The lowest BCUT2D eigenvalue weighted by Gasteiger charge is -2.22. The van der Waals surface area contributed by atoms with Crippen LogP contribution in [0.4, 0.5) is 0 Å². The van der Waals surface area contributed by atoms with Crippen LogP contribution in [0.5, 0.6) is 28.7 Å². The number of methoxy groups -OCH3 is 4. The van der Waals surface area contributed by atoms with Crippen molar-refractivity contribution in [3.8, 4) is 28.7 Å². The predicted octanol–water partition coefficient (Wildman–Crippen LogP) is 5.16. The van der Waals surface area contributed by atoms with Crippen LogP contribution in [-0.4, -0.2) is 41.0 Å². The molecule has 0 aromatic heterocycles. The number of benzene rings is 4. The molecule has 0 radical (unpaired) electrons. The van der Waals surface area contributed by atoms with Gasteiger partial charge in [-0.15, -0.1) is 0 Å². The molecule has 186 valence electrons. The third-order valence-electron chi connectivity index (χ3n) is 5.90. The van der Waals surface area contributed by atoms with Gasteiger partial charge in [0.1, 0.15) is 5.75 Å². The van der Waals surface area contributed by atoms with E-state index < -0.39 is 6.04 Å². The van der Waals surface area contributed by atoms with Gasteiger partial charge in [0.05, 0.1) is 34.5 Å². The average molecular weight is 488 g/mol. The summed E-state index contributed by atoms with van der Waals surface area (Å²) in [6.07, 6.45) is 0. The Labute approximate surface area is 210 Å². The van der Waals surface area contributed by atoms with Gasteiger partial charge >= 0.3 is 0 Å². The number of fused-ring (bicyclic) bond motifs is 1. The first-order valence-corrected chi connectivity index (χ1v) is 11.4. The van der Waals surface area contributed by atoms with Crippen molar-refractivity contribution in [1.82, 2.24) is 5.32 Å². The van der Waals surface area contributed by atoms with Gasteiger partial charge in [0.15, 0.2) is 29.6 Å². The summed E-state index contributed by atoms with van der Waals surface area (Å²) in [5.74, 6) is 2.67. The Hall–Kier alpha value is -4.39. The fourth-order valence-corrected chi connectivity index (χ4v) is 4.09. The molecule has 0 heterocycles. The molecule has 0 spiro atoms. The van der Waals surface area contributed by atoms with E-state index in [0.29, 0.717) is 28.7 Å². The molecule has 0 aliphatic rings. The molecule has 0 saturated carbocycles. The first-order chi connectivity index (χ1) is 17.6. The first kappa shape index (κ1) is 24.7. The molecule has 4 aromatic rings. The number of amides is 1. The van der Waals surface area contributed by atoms with E-state index in [9.17, 15) is 4.79 Å². The molecule has 4 rings (SSSR count). The Morgan fingerprint density at radius 1 is 0.667 bits per heavy atom. The van der Waals surface area contributed by atoms with E-state index in [0.717, 1.165) is 21.9 Å². The van der Waals surface area contributed by atoms with Crippen molar-refractivity contribution < 1.29 is 28.5 Å². The molecule has 7 heteroatoms. The molecule has 0 fully saturated rings. The zero-order chi connectivity index (χ0) is 25.5. The lowest BCUT2D eigenvalue weighted by atomic mass is 9.97. The summed E-state index contributed by atoms with van der Waals surface area (Å²) in [4.78, 5) is 13.1. The van der Waals surface area contributed by atoms with Crippen LogP contribution < -0.4 is 29.0 Å². The van der Waals surface area contributed by atoms with E-state index in [2.05, 4.69) is 5.32 Å². The summed E-state index contributed by atoms with van der Waals surface area (Å²) >= 11 is 0. The fraction of sp³-hybridized carbons (Fsp3) is 0.207. The van der Waals surface area contributed by atoms with Crippen molar-refractivity contribution in [3.05, 3.63) is 90.0 Å². The number of carbonyl (C=O) groups excluding carboxylic acids is 1. The van der Waals surface area contributed by atoms with Gasteiger partial charge in [-0.25, -0.2) is 0 Å². The van der Waals surface area contributed by atoms with Gasteiger partial charge in [-0.2, -0.15) is 0 Å². The highest BCUT2D eigenvalue weighted by Crippen LogP contribution is 2.35. The third kappa shape index (κ3) is 5.30. The van der Waals surface area contributed by atoms with Crippen LogP contribution in [0, 0.1) is 0 Å². The maximum Gasteiger partial charge on any atom is 0.258 e. The van der Waals surface area contributed by atoms with Gasteiger partial charge in [-0.05, 0) is 46.8 Å². The third-order valence-corrected chi connectivity index (χ3v) is 5.90. The molecular weight excluding hydrogens is 458 g/mol. The maximum atomic E-state index is 13.1. The quantitative estimate of drug-likeness (QED) is 0.333. The summed E-state index contributed by atoms with van der Waals surface area (Å²) in [7, 11) is 6.30. The van der Waals surface area contributed by atoms with Crippen LogP contribution in [0.1, 0.15) is 17.2 Å². The second kappa shape index (κ2) is 11.4. The van der Waals surface area contributed by atoms with Crippen LogP contribution in [0.3, 0.4) is 0 Å². The smallest absolute Gasteiger partial charge is 0.258 e. The van der Waals surface area contributed by atoms with E-state index in [1.54, 1.807) is 40.6 Å². The second-order valence-corrected chi connectivity index (χ2v) is 8.00. The summed E-state index contributed by atoms with van der Waals surface area (Å²) in [5.41, 5.74) is 1.61. The summed E-state index contributed by atoms with van der Waals surface area (Å²) in [6.45, 7) is -0.148. The van der Waals surface area contributed by atoms with Crippen molar-refractivity contribution in [2.24, 2.45) is 0 Å². The number of carbonyl (C=O) groups is 1. The van der Waals surface area contributed by atoms with Gasteiger partial charge in [-0.3, -0.25) is 4.79 Å². The molecule has 7 nitrogen and oxygen atoms in total. The summed E-state index contributed by atoms with van der Waals surface area (Å²) in [6, 6.07) is 24.2. The second-order valence-electron chi connectivity index (χ2n) is 8.00. The highest BCUT2D eigenvalue weighted by atomic mass is 16.5. The SMILES string of the molecule is COc1ccc(C(NC(=O)COc2cccc3ccccc23)c2ccc(OC)c(OC)c2)cc1OC. The number of nitrogens with one attached hydrogen (secondary N) is 1. The van der Waals surface area contributed by atoms with Crippen molar-refractivity contribution in [1.29, 1.82) is 0 Å². The molecular formula is C29H29NO6. The summed E-state index contributed by atoms with van der Waals surface area (Å²) in [5, 5.41) is 5.08. The molecule has 4 aromatic carbocycles. The van der Waals surface area contributed by atoms with Gasteiger partial charge in [0, 0.05) is 5.39 Å². The first-order valence-electron chi connectivity index (χ1n) is 11.4. The largest absolute Gasteiger partial charge is 0.493 e. The molecule has 0 aliphatic carbocycles. The minimum atomic E-state index is -0.506. The standard InChI is InChI=1S/C29H29NO6/c1-32-24-14-12-20(16-26(24)34-3)29(21-13-15-25(33-2)27(17-21)35-4)30-28(31)18-36-23-11-7-9-19-8-5-6-10-22(19)23/h5-17,29H,18H2,1-4H3,(H,30,31). The number of ether oxygens (including phenoxy) is 5. The maximum absolute atomic E-state index is 13.1. The van der Waals surface area contributed by atoms with E-state index in [-0.39, 0.29) is 12.5 Å².